The Hall–Kier alpha value is -2.06. The molecule has 5 heteroatoms. The first-order valence-electron chi connectivity index (χ1n) is 6.02. The Labute approximate surface area is 113 Å². The van der Waals surface area contributed by atoms with Crippen LogP contribution in [0, 0.1) is 11.3 Å². The molecule has 1 rings (SSSR count). The standard InChI is InChI=1S/C14H19N3O2/c1-14(2,19)10-17(3)13(18)9-16-12-6-4-11(8-15)5-7-12/h4-7,16,19H,9-10H2,1-3H3. The van der Waals surface area contributed by atoms with Crippen LogP contribution in [0.25, 0.3) is 0 Å². The summed E-state index contributed by atoms with van der Waals surface area (Å²) >= 11 is 0. The molecule has 1 aromatic carbocycles. The number of benzene rings is 1. The number of carbonyl (C=O) groups is 1. The van der Waals surface area contributed by atoms with E-state index in [4.69, 9.17) is 5.26 Å². The van der Waals surface area contributed by atoms with Gasteiger partial charge in [-0.1, -0.05) is 0 Å². The topological polar surface area (TPSA) is 76.4 Å². The fourth-order valence-corrected chi connectivity index (χ4v) is 1.64. The van der Waals surface area contributed by atoms with E-state index in [9.17, 15) is 9.90 Å². The molecule has 2 N–H and O–H groups in total. The molecule has 1 amide bonds. The number of nitriles is 1. The first-order chi connectivity index (χ1) is 8.81. The number of hydrogen-bond acceptors (Lipinski definition) is 4. The van der Waals surface area contributed by atoms with Gasteiger partial charge >= 0.3 is 0 Å². The van der Waals surface area contributed by atoms with Crippen molar-refractivity contribution in [1.82, 2.24) is 4.90 Å². The van der Waals surface area contributed by atoms with Crippen LogP contribution >= 0.6 is 0 Å². The lowest BCUT2D eigenvalue weighted by Gasteiger charge is -2.25. The predicted molar refractivity (Wildman–Crippen MR) is 73.6 cm³/mol. The smallest absolute Gasteiger partial charge is 0.241 e. The highest BCUT2D eigenvalue weighted by molar-refractivity contribution is 5.80. The Morgan fingerprint density at radius 2 is 2.00 bits per heavy atom. The molecule has 0 saturated heterocycles. The zero-order valence-electron chi connectivity index (χ0n) is 11.5. The molecule has 19 heavy (non-hydrogen) atoms. The van der Waals surface area contributed by atoms with Crippen LogP contribution in [0.2, 0.25) is 0 Å². The number of rotatable bonds is 5. The number of anilines is 1. The second kappa shape index (κ2) is 6.21. The quantitative estimate of drug-likeness (QED) is 0.835. The number of aliphatic hydroxyl groups is 1. The van der Waals surface area contributed by atoms with E-state index in [2.05, 4.69) is 5.32 Å². The van der Waals surface area contributed by atoms with E-state index in [-0.39, 0.29) is 19.0 Å². The van der Waals surface area contributed by atoms with Gasteiger partial charge in [-0.15, -0.1) is 0 Å². The zero-order chi connectivity index (χ0) is 14.5. The summed E-state index contributed by atoms with van der Waals surface area (Å²) in [7, 11) is 1.65. The van der Waals surface area contributed by atoms with Gasteiger partial charge in [0.2, 0.25) is 5.91 Å². The van der Waals surface area contributed by atoms with Gasteiger partial charge in [0.05, 0.1) is 23.8 Å². The third-order valence-corrected chi connectivity index (χ3v) is 2.51. The Kier molecular flexibility index (Phi) is 4.90. The maximum atomic E-state index is 11.8. The normalized spacial score (nSPS) is 10.7. The summed E-state index contributed by atoms with van der Waals surface area (Å²) in [5, 5.41) is 21.3. The maximum absolute atomic E-state index is 11.8. The van der Waals surface area contributed by atoms with Crippen LogP contribution in [0.15, 0.2) is 24.3 Å². The average molecular weight is 261 g/mol. The second-order valence-electron chi connectivity index (χ2n) is 5.10. The SMILES string of the molecule is CN(CC(C)(C)O)C(=O)CNc1ccc(C#N)cc1. The summed E-state index contributed by atoms with van der Waals surface area (Å²) in [6.45, 7) is 3.75. The summed E-state index contributed by atoms with van der Waals surface area (Å²) in [6.07, 6.45) is 0. The van der Waals surface area contributed by atoms with Crippen LogP contribution in [0.3, 0.4) is 0 Å². The molecule has 0 aromatic heterocycles. The molecule has 0 radical (unpaired) electrons. The van der Waals surface area contributed by atoms with Gasteiger partial charge in [-0.3, -0.25) is 4.79 Å². The minimum Gasteiger partial charge on any atom is -0.389 e. The molecule has 102 valence electrons. The highest BCUT2D eigenvalue weighted by atomic mass is 16.3. The molecular formula is C14H19N3O2. The maximum Gasteiger partial charge on any atom is 0.241 e. The molecule has 0 bridgehead atoms. The van der Waals surface area contributed by atoms with E-state index in [1.807, 2.05) is 6.07 Å². The highest BCUT2D eigenvalue weighted by Gasteiger charge is 2.18. The number of hydrogen-bond donors (Lipinski definition) is 2. The largest absolute Gasteiger partial charge is 0.389 e. The number of nitrogens with one attached hydrogen (secondary N) is 1. The van der Waals surface area contributed by atoms with Crippen molar-refractivity contribution in [1.29, 1.82) is 5.26 Å². The summed E-state index contributed by atoms with van der Waals surface area (Å²) in [6, 6.07) is 8.91. The van der Waals surface area contributed by atoms with E-state index >= 15 is 0 Å². The Morgan fingerprint density at radius 1 is 1.42 bits per heavy atom. The molecule has 0 fully saturated rings. The molecular weight excluding hydrogens is 242 g/mol. The van der Waals surface area contributed by atoms with Gasteiger partial charge in [-0.25, -0.2) is 0 Å². The van der Waals surface area contributed by atoms with E-state index in [1.165, 1.54) is 4.90 Å². The molecule has 0 aliphatic rings. The zero-order valence-corrected chi connectivity index (χ0v) is 11.5. The Bertz CT molecular complexity index is 469. The molecule has 0 heterocycles. The van der Waals surface area contributed by atoms with Gasteiger partial charge in [0.1, 0.15) is 0 Å². The van der Waals surface area contributed by atoms with Crippen LogP contribution in [-0.2, 0) is 4.79 Å². The molecule has 0 saturated carbocycles. The van der Waals surface area contributed by atoms with Gasteiger partial charge in [0.25, 0.3) is 0 Å². The van der Waals surface area contributed by atoms with Crippen molar-refractivity contribution < 1.29 is 9.90 Å². The summed E-state index contributed by atoms with van der Waals surface area (Å²) < 4.78 is 0. The minimum atomic E-state index is -0.904. The Morgan fingerprint density at radius 3 is 2.47 bits per heavy atom. The molecule has 5 nitrogen and oxygen atoms in total. The summed E-state index contributed by atoms with van der Waals surface area (Å²) in [5.41, 5.74) is 0.457. The number of likely N-dealkylation sites (N-methyl/N-ethyl adjacent to an activating group) is 1. The van der Waals surface area contributed by atoms with E-state index in [0.717, 1.165) is 5.69 Å². The van der Waals surface area contributed by atoms with Crippen LogP contribution < -0.4 is 5.32 Å². The molecule has 0 aliphatic carbocycles. The Balaban J connectivity index is 2.47. The number of amides is 1. The van der Waals surface area contributed by atoms with E-state index < -0.39 is 5.60 Å². The highest BCUT2D eigenvalue weighted by Crippen LogP contribution is 2.09. The van der Waals surface area contributed by atoms with Crippen LogP contribution in [0.1, 0.15) is 19.4 Å². The minimum absolute atomic E-state index is 0.105. The molecule has 0 spiro atoms. The predicted octanol–water partition coefficient (Wildman–Crippen LogP) is 1.20. The van der Waals surface area contributed by atoms with Crippen molar-refractivity contribution >= 4 is 11.6 Å². The lowest BCUT2D eigenvalue weighted by atomic mass is 10.1. The molecule has 0 unspecified atom stereocenters. The van der Waals surface area contributed by atoms with Crippen molar-refractivity contribution in [3.05, 3.63) is 29.8 Å². The third-order valence-electron chi connectivity index (χ3n) is 2.51. The lowest BCUT2D eigenvalue weighted by molar-refractivity contribution is -0.130. The second-order valence-corrected chi connectivity index (χ2v) is 5.10. The fraction of sp³-hybridized carbons (Fsp3) is 0.429. The third kappa shape index (κ3) is 5.40. The molecule has 0 aliphatic heterocycles. The molecule has 0 atom stereocenters. The number of carbonyl (C=O) groups excluding carboxylic acids is 1. The summed E-state index contributed by atoms with van der Waals surface area (Å²) in [4.78, 5) is 13.3. The lowest BCUT2D eigenvalue weighted by Crippen LogP contribution is -2.42. The average Bonchev–Trinajstić information content (AvgIpc) is 2.34. The van der Waals surface area contributed by atoms with Crippen molar-refractivity contribution in [2.45, 2.75) is 19.4 Å². The number of nitrogens with zero attached hydrogens (tertiary/aromatic N) is 2. The van der Waals surface area contributed by atoms with Gasteiger partial charge in [-0.05, 0) is 38.1 Å². The summed E-state index contributed by atoms with van der Waals surface area (Å²) in [5.74, 6) is -0.105. The van der Waals surface area contributed by atoms with Crippen molar-refractivity contribution in [2.24, 2.45) is 0 Å². The van der Waals surface area contributed by atoms with Crippen LogP contribution in [0.4, 0.5) is 5.69 Å². The van der Waals surface area contributed by atoms with Crippen molar-refractivity contribution in [3.63, 3.8) is 0 Å². The van der Waals surface area contributed by atoms with E-state index in [0.29, 0.717) is 5.56 Å². The van der Waals surface area contributed by atoms with E-state index in [1.54, 1.807) is 45.2 Å². The van der Waals surface area contributed by atoms with Crippen molar-refractivity contribution in [3.8, 4) is 6.07 Å². The fourth-order valence-electron chi connectivity index (χ4n) is 1.64. The van der Waals surface area contributed by atoms with Gasteiger partial charge in [0, 0.05) is 19.3 Å². The monoisotopic (exact) mass is 261 g/mol. The van der Waals surface area contributed by atoms with Crippen LogP contribution in [0.5, 0.6) is 0 Å². The van der Waals surface area contributed by atoms with Gasteiger partial charge < -0.3 is 15.3 Å². The first-order valence-corrected chi connectivity index (χ1v) is 6.02. The van der Waals surface area contributed by atoms with Gasteiger partial charge in [0.15, 0.2) is 0 Å². The van der Waals surface area contributed by atoms with Crippen LogP contribution in [-0.4, -0.2) is 41.7 Å². The first kappa shape index (κ1) is 15.0. The van der Waals surface area contributed by atoms with Gasteiger partial charge in [-0.2, -0.15) is 5.26 Å². The molecule has 1 aromatic rings. The van der Waals surface area contributed by atoms with Crippen molar-refractivity contribution in [2.75, 3.05) is 25.5 Å².